The summed E-state index contributed by atoms with van der Waals surface area (Å²) in [5, 5.41) is 12.8. The number of fused-ring (bicyclic) bond motifs is 2. The molecule has 0 spiro atoms. The normalized spacial score (nSPS) is 17.3. The number of piperazine rings is 1. The molecular formula is C33H29ClF3N9O4S. The summed E-state index contributed by atoms with van der Waals surface area (Å²) in [4.78, 5) is 67.3. The van der Waals surface area contributed by atoms with E-state index in [9.17, 15) is 32.7 Å². The Balaban J connectivity index is 1.28. The quantitative estimate of drug-likeness (QED) is 0.230. The summed E-state index contributed by atoms with van der Waals surface area (Å²) in [6, 6.07) is 2.11. The zero-order chi connectivity index (χ0) is 36.2. The number of anilines is 2. The van der Waals surface area contributed by atoms with Crippen LogP contribution < -0.4 is 15.6 Å². The van der Waals surface area contributed by atoms with Crippen LogP contribution in [0.25, 0.3) is 21.7 Å². The summed E-state index contributed by atoms with van der Waals surface area (Å²) in [5.74, 6) is -1.33. The van der Waals surface area contributed by atoms with Crippen molar-refractivity contribution in [2.24, 2.45) is 0 Å². The van der Waals surface area contributed by atoms with E-state index in [4.69, 9.17) is 16.6 Å². The maximum Gasteiger partial charge on any atom is 0.416 e. The van der Waals surface area contributed by atoms with Gasteiger partial charge in [0, 0.05) is 31.0 Å². The van der Waals surface area contributed by atoms with Crippen molar-refractivity contribution in [2.75, 3.05) is 23.3 Å². The Bertz CT molecular complexity index is 2250. The minimum absolute atomic E-state index is 0.0140. The van der Waals surface area contributed by atoms with Crippen LogP contribution in [0.2, 0.25) is 5.02 Å². The Morgan fingerprint density at radius 1 is 1.12 bits per heavy atom. The molecule has 2 aliphatic rings. The molecule has 5 aromatic rings. The number of nitrogens with one attached hydrogen (secondary N) is 1. The maximum atomic E-state index is 14.5. The molecule has 7 rings (SSSR count). The van der Waals surface area contributed by atoms with Gasteiger partial charge in [-0.2, -0.15) is 13.2 Å². The minimum Gasteiger partial charge on any atom is -0.504 e. The number of nitrogens with zero attached hydrogens (tertiary/aromatic N) is 8. The molecule has 2 fully saturated rings. The first-order chi connectivity index (χ1) is 24.4. The minimum atomic E-state index is -4.61. The van der Waals surface area contributed by atoms with Gasteiger partial charge in [-0.25, -0.2) is 19.9 Å². The van der Waals surface area contributed by atoms with Crippen LogP contribution in [-0.4, -0.2) is 76.5 Å². The van der Waals surface area contributed by atoms with E-state index in [1.54, 1.807) is 28.1 Å². The van der Waals surface area contributed by atoms with Gasteiger partial charge >= 0.3 is 6.18 Å². The number of hydrogen-bond donors (Lipinski definition) is 2. The Hall–Kier alpha value is -5.16. The third kappa shape index (κ3) is 6.13. The predicted octanol–water partition coefficient (Wildman–Crippen LogP) is 5.09. The van der Waals surface area contributed by atoms with Crippen molar-refractivity contribution in [1.82, 2.24) is 34.4 Å². The highest BCUT2D eigenvalue weighted by atomic mass is 35.5. The van der Waals surface area contributed by atoms with Crippen LogP contribution in [-0.2, 0) is 23.9 Å². The number of rotatable bonds is 7. The van der Waals surface area contributed by atoms with E-state index in [1.807, 2.05) is 11.8 Å². The number of aromatic nitrogens is 6. The number of hydrogen-bond acceptors (Lipinski definition) is 11. The van der Waals surface area contributed by atoms with E-state index in [-0.39, 0.29) is 70.7 Å². The molecule has 5 heterocycles. The fourth-order valence-corrected chi connectivity index (χ4v) is 7.48. The number of aryl methyl sites for hydroxylation is 1. The Kier molecular flexibility index (Phi) is 8.87. The maximum absolute atomic E-state index is 14.5. The van der Waals surface area contributed by atoms with E-state index in [0.717, 1.165) is 18.2 Å². The molecule has 0 unspecified atom stereocenters. The van der Waals surface area contributed by atoms with Gasteiger partial charge in [0.1, 0.15) is 24.3 Å². The van der Waals surface area contributed by atoms with Gasteiger partial charge in [0.2, 0.25) is 11.3 Å². The van der Waals surface area contributed by atoms with E-state index in [0.29, 0.717) is 41.2 Å². The van der Waals surface area contributed by atoms with Gasteiger partial charge in [-0.05, 0) is 44.4 Å². The summed E-state index contributed by atoms with van der Waals surface area (Å²) in [6.45, 7) is 3.54. The molecule has 1 saturated heterocycles. The number of amides is 2. The van der Waals surface area contributed by atoms with Crippen molar-refractivity contribution in [1.29, 1.82) is 0 Å². The average Bonchev–Trinajstić information content (AvgIpc) is 3.63. The highest BCUT2D eigenvalue weighted by molar-refractivity contribution is 7.13. The largest absolute Gasteiger partial charge is 0.504 e. The smallest absolute Gasteiger partial charge is 0.416 e. The molecule has 2 N–H and O–H groups in total. The number of benzene rings is 1. The average molecular weight is 740 g/mol. The van der Waals surface area contributed by atoms with E-state index in [1.165, 1.54) is 23.9 Å². The van der Waals surface area contributed by atoms with Crippen LogP contribution >= 0.6 is 22.9 Å². The van der Waals surface area contributed by atoms with Crippen LogP contribution in [0.5, 0.6) is 5.75 Å². The monoisotopic (exact) mass is 739 g/mol. The molecule has 18 heteroatoms. The number of halogens is 4. The third-order valence-electron chi connectivity index (χ3n) is 9.27. The van der Waals surface area contributed by atoms with Crippen molar-refractivity contribution >= 4 is 57.3 Å². The summed E-state index contributed by atoms with van der Waals surface area (Å²) in [6.07, 6.45) is 1.34. The standard InChI is InChI=1S/C33H29ClF3N9O4S/c1-3-21-28(44-8-9-45(23-7-6-22(23)44)32(50)27-29(48)16(2)40-14-41-27)30(49)26-31(39-11-20(43-26)24-12-38-15-51-24)46(21)13-25(47)42-19-5-4-17(10-18(19)34)33(35,36)37/h4-5,10-12,14-15,22-23,48H,3,6-9,13H2,1-2H3,(H,42,47)/t22-,23-/m0/s1. The lowest BCUT2D eigenvalue weighted by atomic mass is 9.81. The molecule has 1 aliphatic carbocycles. The fourth-order valence-electron chi connectivity index (χ4n) is 6.67. The van der Waals surface area contributed by atoms with Gasteiger partial charge in [0.05, 0.1) is 44.6 Å². The Morgan fingerprint density at radius 2 is 1.90 bits per heavy atom. The van der Waals surface area contributed by atoms with Crippen LogP contribution in [0.15, 0.2) is 47.2 Å². The summed E-state index contributed by atoms with van der Waals surface area (Å²) < 4.78 is 41.3. The van der Waals surface area contributed by atoms with Crippen LogP contribution in [0, 0.1) is 6.92 Å². The fraction of sp³-hybridized carbons (Fsp3) is 0.333. The van der Waals surface area contributed by atoms with Gasteiger partial charge in [-0.15, -0.1) is 11.3 Å². The molecule has 13 nitrogen and oxygen atoms in total. The SMILES string of the molecule is CCc1c(N2CCN(C(=O)c3ncnc(C)c3O)[C@H]3CC[C@@H]32)c(=O)c2nc(-c3cncs3)cnc2n1CC(=O)Nc1ccc(C(F)(F)F)cc1Cl. The molecule has 0 radical (unpaired) electrons. The second-order valence-electron chi connectivity index (χ2n) is 12.2. The second-order valence-corrected chi connectivity index (χ2v) is 13.5. The molecule has 2 atom stereocenters. The third-order valence-corrected chi connectivity index (χ3v) is 10.4. The number of pyridine rings is 1. The topological polar surface area (TPSA) is 159 Å². The van der Waals surface area contributed by atoms with Gasteiger partial charge in [0.25, 0.3) is 5.91 Å². The Morgan fingerprint density at radius 3 is 2.57 bits per heavy atom. The van der Waals surface area contributed by atoms with Crippen molar-refractivity contribution < 1.29 is 27.9 Å². The zero-order valence-corrected chi connectivity index (χ0v) is 28.7. The number of carbonyl (C=O) groups excluding carboxylic acids is 2. The van der Waals surface area contributed by atoms with Gasteiger partial charge < -0.3 is 24.8 Å². The first kappa shape index (κ1) is 34.3. The van der Waals surface area contributed by atoms with E-state index < -0.39 is 29.0 Å². The second kappa shape index (κ2) is 13.2. The van der Waals surface area contributed by atoms with E-state index in [2.05, 4.69) is 25.3 Å². The van der Waals surface area contributed by atoms with Crippen LogP contribution in [0.1, 0.15) is 47.2 Å². The lowest BCUT2D eigenvalue weighted by Crippen LogP contribution is -2.67. The summed E-state index contributed by atoms with van der Waals surface area (Å²) in [7, 11) is 0. The van der Waals surface area contributed by atoms with E-state index >= 15 is 0 Å². The van der Waals surface area contributed by atoms with Crippen LogP contribution in [0.3, 0.4) is 0 Å². The summed E-state index contributed by atoms with van der Waals surface area (Å²) >= 11 is 7.45. The van der Waals surface area contributed by atoms with Gasteiger partial charge in [-0.3, -0.25) is 19.4 Å². The molecule has 0 bridgehead atoms. The Labute approximate surface area is 296 Å². The number of carbonyl (C=O) groups is 2. The van der Waals surface area contributed by atoms with Crippen molar-refractivity contribution in [3.8, 4) is 16.3 Å². The first-order valence-corrected chi connectivity index (χ1v) is 17.2. The molecular weight excluding hydrogens is 711 g/mol. The molecule has 4 aromatic heterocycles. The van der Waals surface area contributed by atoms with Gasteiger partial charge in [0.15, 0.2) is 22.6 Å². The van der Waals surface area contributed by atoms with Crippen molar-refractivity contribution in [3.63, 3.8) is 0 Å². The van der Waals surface area contributed by atoms with Crippen molar-refractivity contribution in [3.05, 3.63) is 80.3 Å². The number of alkyl halides is 3. The first-order valence-electron chi connectivity index (χ1n) is 15.9. The highest BCUT2D eigenvalue weighted by Gasteiger charge is 2.47. The molecule has 2 amide bonds. The molecule has 264 valence electrons. The molecule has 1 saturated carbocycles. The van der Waals surface area contributed by atoms with Gasteiger partial charge in [-0.1, -0.05) is 18.5 Å². The lowest BCUT2D eigenvalue weighted by Gasteiger charge is -2.54. The number of thiazole rings is 1. The molecule has 1 aromatic carbocycles. The van der Waals surface area contributed by atoms with Crippen molar-refractivity contribution in [2.45, 2.75) is 57.9 Å². The molecule has 51 heavy (non-hydrogen) atoms. The summed E-state index contributed by atoms with van der Waals surface area (Å²) in [5.41, 5.74) is 1.86. The molecule has 1 aliphatic heterocycles. The predicted molar refractivity (Wildman–Crippen MR) is 183 cm³/mol. The van der Waals surface area contributed by atoms with Crippen LogP contribution in [0.4, 0.5) is 24.5 Å². The zero-order valence-electron chi connectivity index (χ0n) is 27.1. The highest BCUT2D eigenvalue weighted by Crippen LogP contribution is 2.39. The lowest BCUT2D eigenvalue weighted by molar-refractivity contribution is -0.137. The number of aromatic hydroxyl groups is 1.